The van der Waals surface area contributed by atoms with Crippen LogP contribution >= 0.6 is 0 Å². The predicted molar refractivity (Wildman–Crippen MR) is 128 cm³/mol. The van der Waals surface area contributed by atoms with Crippen LogP contribution in [0.15, 0.2) is 48.5 Å². The molecule has 0 aliphatic heterocycles. The van der Waals surface area contributed by atoms with Crippen LogP contribution in [0.4, 0.5) is 5.82 Å². The molecule has 0 bridgehead atoms. The fourth-order valence-electron chi connectivity index (χ4n) is 3.81. The van der Waals surface area contributed by atoms with Gasteiger partial charge in [-0.3, -0.25) is 4.79 Å². The van der Waals surface area contributed by atoms with Gasteiger partial charge in [0, 0.05) is 5.56 Å². The molecule has 1 aromatic heterocycles. The van der Waals surface area contributed by atoms with Gasteiger partial charge in [-0.05, 0) is 43.2 Å². The maximum atomic E-state index is 12.7. The summed E-state index contributed by atoms with van der Waals surface area (Å²) in [5, 5.41) is 3.04. The number of carbonyl (C=O) groups excluding carboxylic acids is 1. The molecule has 1 aliphatic carbocycles. The third-order valence-electron chi connectivity index (χ3n) is 5.29. The minimum atomic E-state index is -0.0516. The van der Waals surface area contributed by atoms with Gasteiger partial charge >= 0.3 is 0 Å². The van der Waals surface area contributed by atoms with E-state index in [-0.39, 0.29) is 5.91 Å². The van der Waals surface area contributed by atoms with Crippen LogP contribution < -0.4 is 5.32 Å². The molecule has 31 heavy (non-hydrogen) atoms. The molecule has 3 aromatic rings. The summed E-state index contributed by atoms with van der Waals surface area (Å²) in [5.41, 5.74) is 7.49. The van der Waals surface area contributed by atoms with Gasteiger partial charge in [-0.15, -0.1) is 0 Å². The van der Waals surface area contributed by atoms with Crippen molar-refractivity contribution in [1.29, 1.82) is 0 Å². The number of nitrogens with zero attached hydrogens (tertiary/aromatic N) is 2. The first kappa shape index (κ1) is 22.7. The summed E-state index contributed by atoms with van der Waals surface area (Å²) in [6, 6.07) is 16.5. The van der Waals surface area contributed by atoms with Crippen molar-refractivity contribution in [3.8, 4) is 11.3 Å². The van der Waals surface area contributed by atoms with Gasteiger partial charge in [0.2, 0.25) is 5.91 Å². The number of fused-ring (bicyclic) bond motifs is 3. The lowest BCUT2D eigenvalue weighted by Gasteiger charge is -2.21. The molecule has 0 saturated heterocycles. The second-order valence-electron chi connectivity index (χ2n) is 8.28. The highest BCUT2D eigenvalue weighted by molar-refractivity contribution is 5.92. The number of rotatable bonds is 5. The van der Waals surface area contributed by atoms with Gasteiger partial charge in [0.1, 0.15) is 0 Å². The number of carbonyl (C=O) groups is 1. The number of aryl methyl sites for hydroxylation is 3. The van der Waals surface area contributed by atoms with Crippen LogP contribution in [0.2, 0.25) is 0 Å². The Bertz CT molecular complexity index is 1040. The summed E-state index contributed by atoms with van der Waals surface area (Å²) in [5.74, 6) is 0.993. The number of aromatic nitrogens is 2. The molecule has 4 nitrogen and oxygen atoms in total. The first-order valence-corrected chi connectivity index (χ1v) is 11.3. The second-order valence-corrected chi connectivity index (χ2v) is 8.28. The highest BCUT2D eigenvalue weighted by Gasteiger charge is 2.22. The van der Waals surface area contributed by atoms with Crippen LogP contribution in [-0.4, -0.2) is 15.9 Å². The quantitative estimate of drug-likeness (QED) is 0.560. The van der Waals surface area contributed by atoms with E-state index in [4.69, 9.17) is 9.97 Å². The summed E-state index contributed by atoms with van der Waals surface area (Å²) in [7, 11) is 0. The normalized spacial score (nSPS) is 11.8. The third-order valence-corrected chi connectivity index (χ3v) is 5.29. The summed E-state index contributed by atoms with van der Waals surface area (Å²) >= 11 is 0. The minimum absolute atomic E-state index is 0.0516. The molecule has 162 valence electrons. The molecule has 0 radical (unpaired) electrons. The molecule has 2 aromatic carbocycles. The average Bonchev–Trinajstić information content (AvgIpc) is 2.77. The van der Waals surface area contributed by atoms with E-state index in [1.54, 1.807) is 0 Å². The van der Waals surface area contributed by atoms with Crippen molar-refractivity contribution >= 4 is 11.7 Å². The molecule has 0 fully saturated rings. The van der Waals surface area contributed by atoms with Gasteiger partial charge in [0.25, 0.3) is 0 Å². The van der Waals surface area contributed by atoms with E-state index in [0.29, 0.717) is 18.2 Å². The first-order chi connectivity index (χ1) is 15.0. The smallest absolute Gasteiger partial charge is 0.229 e. The molecule has 4 rings (SSSR count). The summed E-state index contributed by atoms with van der Waals surface area (Å²) in [6.45, 7) is 10.4. The lowest BCUT2D eigenvalue weighted by atomic mass is 9.91. The maximum absolute atomic E-state index is 12.7. The Morgan fingerprint density at radius 3 is 2.42 bits per heavy atom. The van der Waals surface area contributed by atoms with Crippen molar-refractivity contribution in [3.63, 3.8) is 0 Å². The van der Waals surface area contributed by atoms with Crippen molar-refractivity contribution in [3.05, 3.63) is 76.6 Å². The Morgan fingerprint density at radius 2 is 1.71 bits per heavy atom. The van der Waals surface area contributed by atoms with Crippen molar-refractivity contribution < 1.29 is 4.79 Å². The Morgan fingerprint density at radius 1 is 1.00 bits per heavy atom. The monoisotopic (exact) mass is 415 g/mol. The molecule has 0 spiro atoms. The largest absolute Gasteiger partial charge is 0.309 e. The number of hydrogen-bond acceptors (Lipinski definition) is 3. The molecule has 1 aliphatic rings. The van der Waals surface area contributed by atoms with Crippen molar-refractivity contribution in [2.45, 2.75) is 60.3 Å². The van der Waals surface area contributed by atoms with Gasteiger partial charge < -0.3 is 5.32 Å². The number of anilines is 1. The van der Waals surface area contributed by atoms with Crippen LogP contribution in [-0.2, 0) is 30.5 Å². The van der Waals surface area contributed by atoms with E-state index in [2.05, 4.69) is 43.4 Å². The molecule has 1 amide bonds. The van der Waals surface area contributed by atoms with Crippen LogP contribution in [0.25, 0.3) is 11.3 Å². The Kier molecular flexibility index (Phi) is 7.56. The number of hydrogen-bond donors (Lipinski definition) is 1. The maximum Gasteiger partial charge on any atom is 0.229 e. The lowest BCUT2D eigenvalue weighted by Crippen LogP contribution is -2.20. The molecule has 4 heteroatoms. The topological polar surface area (TPSA) is 54.9 Å². The predicted octanol–water partition coefficient (Wildman–Crippen LogP) is 5.96. The fraction of sp³-hybridized carbons (Fsp3) is 0.370. The zero-order valence-corrected chi connectivity index (χ0v) is 19.3. The van der Waals surface area contributed by atoms with Gasteiger partial charge in [0.15, 0.2) is 5.82 Å². The summed E-state index contributed by atoms with van der Waals surface area (Å²) in [4.78, 5) is 22.5. The molecule has 0 saturated carbocycles. The minimum Gasteiger partial charge on any atom is -0.309 e. The zero-order valence-electron chi connectivity index (χ0n) is 19.3. The highest BCUT2D eigenvalue weighted by Crippen LogP contribution is 2.33. The number of amides is 1. The fourth-order valence-corrected chi connectivity index (χ4v) is 3.81. The van der Waals surface area contributed by atoms with E-state index >= 15 is 0 Å². The van der Waals surface area contributed by atoms with E-state index in [0.717, 1.165) is 41.9 Å². The van der Waals surface area contributed by atoms with Gasteiger partial charge in [-0.1, -0.05) is 81.8 Å². The van der Waals surface area contributed by atoms with Crippen LogP contribution in [0.3, 0.4) is 0 Å². The highest BCUT2D eigenvalue weighted by atomic mass is 16.1. The van der Waals surface area contributed by atoms with E-state index in [1.807, 2.05) is 45.0 Å². The Hall–Kier alpha value is -3.01. The zero-order chi connectivity index (χ0) is 22.4. The third kappa shape index (κ3) is 5.57. The first-order valence-electron chi connectivity index (χ1n) is 11.3. The molecule has 1 heterocycles. The van der Waals surface area contributed by atoms with Gasteiger partial charge in [-0.25, -0.2) is 9.97 Å². The van der Waals surface area contributed by atoms with Gasteiger partial charge in [0.05, 0.1) is 23.5 Å². The van der Waals surface area contributed by atoms with Crippen molar-refractivity contribution in [2.24, 2.45) is 5.92 Å². The molecule has 1 N–H and O–H groups in total. The molecule has 0 atom stereocenters. The summed E-state index contributed by atoms with van der Waals surface area (Å²) < 4.78 is 0. The second kappa shape index (κ2) is 10.3. The van der Waals surface area contributed by atoms with Crippen molar-refractivity contribution in [1.82, 2.24) is 9.97 Å². The number of nitrogens with one attached hydrogen (secondary N) is 1. The molecular formula is C27H33N3O. The lowest BCUT2D eigenvalue weighted by molar-refractivity contribution is -0.115. The van der Waals surface area contributed by atoms with E-state index in [9.17, 15) is 4.79 Å². The van der Waals surface area contributed by atoms with Crippen LogP contribution in [0.1, 0.15) is 55.8 Å². The average molecular weight is 416 g/mol. The Balaban J connectivity index is 0.00000132. The van der Waals surface area contributed by atoms with Crippen molar-refractivity contribution in [2.75, 3.05) is 5.32 Å². The number of benzene rings is 2. The van der Waals surface area contributed by atoms with Crippen LogP contribution in [0, 0.1) is 12.8 Å². The SMILES string of the molecule is CC.Cc1ccc(CC(=O)Nc2nc3c(nc2CC(C)C)-c2ccccc2CC3)cc1. The van der Waals surface area contributed by atoms with E-state index in [1.165, 1.54) is 16.7 Å². The van der Waals surface area contributed by atoms with Gasteiger partial charge in [-0.2, -0.15) is 0 Å². The molecule has 0 unspecified atom stereocenters. The summed E-state index contributed by atoms with van der Waals surface area (Å²) in [6.07, 6.45) is 2.92. The Labute approximate surface area is 186 Å². The standard InChI is InChI=1S/C25H27N3O.C2H6/c1-16(2)14-22-25(28-23(29)15-18-10-8-17(3)9-11-18)27-21-13-12-19-6-4-5-7-20(19)24(21)26-22;1-2/h4-11,16H,12-15H2,1-3H3,(H,27,28,29);1-2H3. The van der Waals surface area contributed by atoms with E-state index < -0.39 is 0 Å². The molecular weight excluding hydrogens is 382 g/mol. The van der Waals surface area contributed by atoms with Crippen LogP contribution in [0.5, 0.6) is 0 Å².